The highest BCUT2D eigenvalue weighted by Gasteiger charge is 2.24. The third-order valence-electron chi connectivity index (χ3n) is 4.48. The van der Waals surface area contributed by atoms with E-state index in [1.165, 1.54) is 17.1 Å². The molecule has 0 radical (unpaired) electrons. The second-order valence-electron chi connectivity index (χ2n) is 6.49. The molecule has 1 fully saturated rings. The molecule has 0 aliphatic carbocycles. The fourth-order valence-corrected chi connectivity index (χ4v) is 3.99. The third kappa shape index (κ3) is 8.45. The Morgan fingerprint density at radius 1 is 1.35 bits per heavy atom. The highest BCUT2D eigenvalue weighted by atomic mass is 127. The van der Waals surface area contributed by atoms with Gasteiger partial charge in [0.25, 0.3) is 0 Å². The average molecular weight is 492 g/mol. The molecule has 1 aromatic rings. The monoisotopic (exact) mass is 492 g/mol. The van der Waals surface area contributed by atoms with E-state index in [-0.39, 0.29) is 24.0 Å². The predicted octanol–water partition coefficient (Wildman–Crippen LogP) is 2.87. The summed E-state index contributed by atoms with van der Waals surface area (Å²) in [5, 5.41) is 3.50. The Kier molecular flexibility index (Phi) is 12.3. The molecule has 0 saturated carbocycles. The normalized spacial score (nSPS) is 17.5. The van der Waals surface area contributed by atoms with Crippen LogP contribution in [0.1, 0.15) is 6.42 Å². The van der Waals surface area contributed by atoms with Crippen molar-refractivity contribution in [3.8, 4) is 0 Å². The number of rotatable bonds is 9. The van der Waals surface area contributed by atoms with Gasteiger partial charge in [-0.05, 0) is 31.5 Å². The Labute approximate surface area is 180 Å². The molecule has 5 nitrogen and oxygen atoms in total. The fraction of sp³-hybridized carbons (Fsp3) is 0.632. The lowest BCUT2D eigenvalue weighted by atomic mass is 10.2. The molecule has 1 aliphatic rings. The molecule has 1 heterocycles. The second kappa shape index (κ2) is 13.6. The number of aliphatic imine (C=N–C) groups is 1. The largest absolute Gasteiger partial charge is 0.383 e. The maximum atomic E-state index is 5.11. The van der Waals surface area contributed by atoms with E-state index in [1.807, 2.05) is 18.8 Å². The van der Waals surface area contributed by atoms with Gasteiger partial charge >= 0.3 is 0 Å². The van der Waals surface area contributed by atoms with Crippen molar-refractivity contribution in [1.82, 2.24) is 15.1 Å². The molecule has 0 amide bonds. The summed E-state index contributed by atoms with van der Waals surface area (Å²) in [6.07, 6.45) is 1.24. The molecule has 0 bridgehead atoms. The number of guanidine groups is 1. The van der Waals surface area contributed by atoms with E-state index in [0.29, 0.717) is 0 Å². The first-order valence-corrected chi connectivity index (χ1v) is 10.0. The van der Waals surface area contributed by atoms with Crippen molar-refractivity contribution in [3.05, 3.63) is 30.3 Å². The maximum absolute atomic E-state index is 5.11. The van der Waals surface area contributed by atoms with Gasteiger partial charge in [-0.15, -0.1) is 35.7 Å². The van der Waals surface area contributed by atoms with Crippen LogP contribution in [0.15, 0.2) is 40.2 Å². The van der Waals surface area contributed by atoms with Crippen LogP contribution in [0.4, 0.5) is 0 Å². The standard InChI is InChI=1S/C19H32N4OS.HI/c1-20-19(21-10-12-22(2)13-14-24-3)23-11-9-17(15-23)16-25-18-7-5-4-6-8-18;/h4-8,17H,9-16H2,1-3H3,(H,20,21);1H. The number of nitrogens with zero attached hydrogens (tertiary/aromatic N) is 3. The van der Waals surface area contributed by atoms with Gasteiger partial charge < -0.3 is 19.9 Å². The lowest BCUT2D eigenvalue weighted by molar-refractivity contribution is 0.162. The van der Waals surface area contributed by atoms with Gasteiger partial charge in [-0.3, -0.25) is 4.99 Å². The molecule has 2 rings (SSSR count). The second-order valence-corrected chi connectivity index (χ2v) is 7.59. The van der Waals surface area contributed by atoms with Crippen LogP contribution >= 0.6 is 35.7 Å². The summed E-state index contributed by atoms with van der Waals surface area (Å²) < 4.78 is 5.11. The lowest BCUT2D eigenvalue weighted by Gasteiger charge is -2.23. The predicted molar refractivity (Wildman–Crippen MR) is 123 cm³/mol. The van der Waals surface area contributed by atoms with E-state index in [4.69, 9.17) is 4.74 Å². The molecule has 1 N–H and O–H groups in total. The molecule has 0 aromatic heterocycles. The molecular weight excluding hydrogens is 459 g/mol. The van der Waals surface area contributed by atoms with Gasteiger partial charge in [0.05, 0.1) is 6.61 Å². The van der Waals surface area contributed by atoms with Crippen molar-refractivity contribution in [3.63, 3.8) is 0 Å². The summed E-state index contributed by atoms with van der Waals surface area (Å²) in [4.78, 5) is 10.5. The number of benzene rings is 1. The van der Waals surface area contributed by atoms with Crippen LogP contribution in [-0.2, 0) is 4.74 Å². The van der Waals surface area contributed by atoms with Crippen molar-refractivity contribution in [2.75, 3.05) is 66.3 Å². The molecule has 0 spiro atoms. The highest BCUT2D eigenvalue weighted by Crippen LogP contribution is 2.25. The smallest absolute Gasteiger partial charge is 0.193 e. The van der Waals surface area contributed by atoms with Gasteiger partial charge in [-0.1, -0.05) is 18.2 Å². The molecule has 7 heteroatoms. The average Bonchev–Trinajstić information content (AvgIpc) is 3.11. The van der Waals surface area contributed by atoms with Crippen molar-refractivity contribution < 1.29 is 4.74 Å². The highest BCUT2D eigenvalue weighted by molar-refractivity contribution is 14.0. The number of likely N-dealkylation sites (N-methyl/N-ethyl adjacent to an activating group) is 1. The summed E-state index contributed by atoms with van der Waals surface area (Å²) in [5.74, 6) is 2.94. The van der Waals surface area contributed by atoms with Crippen LogP contribution in [0.5, 0.6) is 0 Å². The summed E-state index contributed by atoms with van der Waals surface area (Å²) in [5.41, 5.74) is 0. The van der Waals surface area contributed by atoms with Gasteiger partial charge in [0.15, 0.2) is 5.96 Å². The molecule has 1 atom stereocenters. The zero-order chi connectivity index (χ0) is 17.9. The van der Waals surface area contributed by atoms with E-state index in [2.05, 4.69) is 57.5 Å². The number of nitrogens with one attached hydrogen (secondary N) is 1. The summed E-state index contributed by atoms with van der Waals surface area (Å²) in [6, 6.07) is 10.7. The molecule has 1 aromatic carbocycles. The molecule has 26 heavy (non-hydrogen) atoms. The number of thioether (sulfide) groups is 1. The van der Waals surface area contributed by atoms with Crippen molar-refractivity contribution in [2.45, 2.75) is 11.3 Å². The zero-order valence-electron chi connectivity index (χ0n) is 16.2. The first-order valence-electron chi connectivity index (χ1n) is 9.04. The van der Waals surface area contributed by atoms with E-state index in [0.717, 1.165) is 51.2 Å². The minimum absolute atomic E-state index is 0. The molecule has 148 valence electrons. The molecule has 1 saturated heterocycles. The quantitative estimate of drug-likeness (QED) is 0.249. The lowest BCUT2D eigenvalue weighted by Crippen LogP contribution is -2.43. The van der Waals surface area contributed by atoms with Gasteiger partial charge in [0, 0.05) is 57.5 Å². The van der Waals surface area contributed by atoms with E-state index < -0.39 is 0 Å². The van der Waals surface area contributed by atoms with Gasteiger partial charge in [-0.25, -0.2) is 0 Å². The summed E-state index contributed by atoms with van der Waals surface area (Å²) >= 11 is 1.96. The number of methoxy groups -OCH3 is 1. The Morgan fingerprint density at radius 2 is 2.12 bits per heavy atom. The minimum Gasteiger partial charge on any atom is -0.383 e. The Bertz CT molecular complexity index is 518. The van der Waals surface area contributed by atoms with Crippen molar-refractivity contribution in [1.29, 1.82) is 0 Å². The van der Waals surface area contributed by atoms with Crippen LogP contribution < -0.4 is 5.32 Å². The number of ether oxygens (including phenoxy) is 1. The third-order valence-corrected chi connectivity index (χ3v) is 5.72. The van der Waals surface area contributed by atoms with Crippen LogP contribution in [-0.4, -0.2) is 82.0 Å². The Balaban J connectivity index is 0.00000338. The van der Waals surface area contributed by atoms with Crippen LogP contribution in [0.2, 0.25) is 0 Å². The zero-order valence-corrected chi connectivity index (χ0v) is 19.3. The SMILES string of the molecule is CN=C(NCCN(C)CCOC)N1CCC(CSc2ccccc2)C1.I. The summed E-state index contributed by atoms with van der Waals surface area (Å²) in [6.45, 7) is 5.83. The Hall–Kier alpha value is -0.510. The molecule has 1 unspecified atom stereocenters. The van der Waals surface area contributed by atoms with Gasteiger partial charge in [0.1, 0.15) is 0 Å². The Morgan fingerprint density at radius 3 is 2.81 bits per heavy atom. The first-order chi connectivity index (χ1) is 12.2. The maximum Gasteiger partial charge on any atom is 0.193 e. The topological polar surface area (TPSA) is 40.1 Å². The molecule has 1 aliphatic heterocycles. The van der Waals surface area contributed by atoms with Crippen LogP contribution in [0, 0.1) is 5.92 Å². The number of hydrogen-bond acceptors (Lipinski definition) is 4. The van der Waals surface area contributed by atoms with Crippen LogP contribution in [0.25, 0.3) is 0 Å². The van der Waals surface area contributed by atoms with Gasteiger partial charge in [-0.2, -0.15) is 0 Å². The minimum atomic E-state index is 0. The van der Waals surface area contributed by atoms with Gasteiger partial charge in [0.2, 0.25) is 0 Å². The number of hydrogen-bond donors (Lipinski definition) is 1. The first kappa shape index (κ1) is 23.5. The van der Waals surface area contributed by atoms with E-state index >= 15 is 0 Å². The fourth-order valence-electron chi connectivity index (χ4n) is 2.94. The number of likely N-dealkylation sites (tertiary alicyclic amines) is 1. The number of halogens is 1. The summed E-state index contributed by atoms with van der Waals surface area (Å²) in [7, 11) is 5.74. The van der Waals surface area contributed by atoms with Crippen molar-refractivity contribution >= 4 is 41.7 Å². The van der Waals surface area contributed by atoms with Crippen LogP contribution in [0.3, 0.4) is 0 Å². The van der Waals surface area contributed by atoms with E-state index in [1.54, 1.807) is 7.11 Å². The van der Waals surface area contributed by atoms with Crippen molar-refractivity contribution in [2.24, 2.45) is 10.9 Å². The molecular formula is C19H33IN4OS. The van der Waals surface area contributed by atoms with E-state index in [9.17, 15) is 0 Å².